The van der Waals surface area contributed by atoms with Gasteiger partial charge in [-0.25, -0.2) is 4.98 Å². The van der Waals surface area contributed by atoms with Gasteiger partial charge >= 0.3 is 0 Å². The molecular weight excluding hydrogens is 288 g/mol. The smallest absolute Gasteiger partial charge is 0.229 e. The Balaban J connectivity index is 1.84. The molecule has 3 rings (SSSR count). The average molecular weight is 314 g/mol. The number of hydrogen-bond acceptors (Lipinski definition) is 5. The molecule has 5 heteroatoms. The first kappa shape index (κ1) is 16.0. The molecule has 0 bridgehead atoms. The van der Waals surface area contributed by atoms with E-state index in [0.29, 0.717) is 0 Å². The second-order valence-corrected chi connectivity index (χ2v) is 6.19. The standard InChI is InChI=1S/C18H26N4O/c1-3-4-7-14-23-17-15-8-5-6-9-16(15)19-18(20-17)22-12-10-21(2)11-13-22/h5-6,8-9H,3-4,7,10-14H2,1-2H3. The summed E-state index contributed by atoms with van der Waals surface area (Å²) in [6, 6.07) is 8.11. The molecule has 23 heavy (non-hydrogen) atoms. The summed E-state index contributed by atoms with van der Waals surface area (Å²) in [7, 11) is 2.15. The number of anilines is 1. The van der Waals surface area contributed by atoms with Crippen LogP contribution in [-0.4, -0.2) is 54.7 Å². The van der Waals surface area contributed by atoms with Crippen molar-refractivity contribution in [2.75, 3.05) is 44.7 Å². The molecule has 124 valence electrons. The van der Waals surface area contributed by atoms with Crippen molar-refractivity contribution in [2.45, 2.75) is 26.2 Å². The number of nitrogens with zero attached hydrogens (tertiary/aromatic N) is 4. The number of rotatable bonds is 6. The molecule has 0 saturated carbocycles. The van der Waals surface area contributed by atoms with Gasteiger partial charge in [-0.15, -0.1) is 0 Å². The first-order valence-corrected chi connectivity index (χ1v) is 8.61. The number of ether oxygens (including phenoxy) is 1. The fourth-order valence-corrected chi connectivity index (χ4v) is 2.81. The van der Waals surface area contributed by atoms with Crippen molar-refractivity contribution in [3.05, 3.63) is 24.3 Å². The van der Waals surface area contributed by atoms with E-state index in [1.807, 2.05) is 24.3 Å². The maximum atomic E-state index is 5.99. The van der Waals surface area contributed by atoms with E-state index in [4.69, 9.17) is 14.7 Å². The number of piperazine rings is 1. The number of benzene rings is 1. The first-order chi connectivity index (χ1) is 11.3. The van der Waals surface area contributed by atoms with Crippen molar-refractivity contribution < 1.29 is 4.74 Å². The van der Waals surface area contributed by atoms with Crippen LogP contribution in [0.25, 0.3) is 10.9 Å². The molecule has 1 aromatic heterocycles. The summed E-state index contributed by atoms with van der Waals surface area (Å²) >= 11 is 0. The second kappa shape index (κ2) is 7.59. The lowest BCUT2D eigenvalue weighted by Gasteiger charge is -2.32. The SMILES string of the molecule is CCCCCOc1nc(N2CCN(C)CC2)nc2ccccc12. The minimum Gasteiger partial charge on any atom is -0.477 e. The summed E-state index contributed by atoms with van der Waals surface area (Å²) in [5, 5.41) is 1.00. The van der Waals surface area contributed by atoms with Crippen LogP contribution >= 0.6 is 0 Å². The average Bonchev–Trinajstić information content (AvgIpc) is 2.59. The third-order valence-electron chi connectivity index (χ3n) is 4.33. The van der Waals surface area contributed by atoms with Crippen molar-refractivity contribution in [1.82, 2.24) is 14.9 Å². The van der Waals surface area contributed by atoms with Gasteiger partial charge in [0.2, 0.25) is 11.8 Å². The largest absolute Gasteiger partial charge is 0.477 e. The number of likely N-dealkylation sites (N-methyl/N-ethyl adjacent to an activating group) is 1. The zero-order valence-corrected chi connectivity index (χ0v) is 14.2. The number of aromatic nitrogens is 2. The van der Waals surface area contributed by atoms with Crippen LogP contribution < -0.4 is 9.64 Å². The lowest BCUT2D eigenvalue weighted by atomic mass is 10.2. The van der Waals surface area contributed by atoms with Crippen LogP contribution in [0, 0.1) is 0 Å². The van der Waals surface area contributed by atoms with Crippen LogP contribution in [0.1, 0.15) is 26.2 Å². The molecule has 0 N–H and O–H groups in total. The predicted molar refractivity (Wildman–Crippen MR) is 94.3 cm³/mol. The Morgan fingerprint density at radius 3 is 2.61 bits per heavy atom. The van der Waals surface area contributed by atoms with Gasteiger partial charge in [-0.3, -0.25) is 0 Å². The fraction of sp³-hybridized carbons (Fsp3) is 0.556. The molecule has 0 atom stereocenters. The highest BCUT2D eigenvalue weighted by atomic mass is 16.5. The highest BCUT2D eigenvalue weighted by Gasteiger charge is 2.18. The van der Waals surface area contributed by atoms with Gasteiger partial charge in [0.15, 0.2) is 0 Å². The minimum absolute atomic E-state index is 0.719. The van der Waals surface area contributed by atoms with Gasteiger partial charge in [-0.05, 0) is 25.6 Å². The molecule has 5 nitrogen and oxygen atoms in total. The van der Waals surface area contributed by atoms with Crippen LogP contribution in [-0.2, 0) is 0 Å². The number of para-hydroxylation sites is 1. The third-order valence-corrected chi connectivity index (χ3v) is 4.33. The molecule has 1 fully saturated rings. The zero-order chi connectivity index (χ0) is 16.1. The number of hydrogen-bond donors (Lipinski definition) is 0. The van der Waals surface area contributed by atoms with Crippen molar-refractivity contribution >= 4 is 16.9 Å². The quantitative estimate of drug-likeness (QED) is 0.767. The topological polar surface area (TPSA) is 41.5 Å². The van der Waals surface area contributed by atoms with E-state index in [9.17, 15) is 0 Å². The Hall–Kier alpha value is -1.88. The Morgan fingerprint density at radius 1 is 1.04 bits per heavy atom. The highest BCUT2D eigenvalue weighted by Crippen LogP contribution is 2.26. The second-order valence-electron chi connectivity index (χ2n) is 6.19. The molecule has 1 saturated heterocycles. The van der Waals surface area contributed by atoms with Gasteiger partial charge in [0, 0.05) is 26.2 Å². The van der Waals surface area contributed by atoms with Crippen molar-refractivity contribution in [3.8, 4) is 5.88 Å². The van der Waals surface area contributed by atoms with E-state index in [1.54, 1.807) is 0 Å². The van der Waals surface area contributed by atoms with Crippen LogP contribution in [0.2, 0.25) is 0 Å². The molecule has 1 aliphatic heterocycles. The zero-order valence-electron chi connectivity index (χ0n) is 14.2. The monoisotopic (exact) mass is 314 g/mol. The van der Waals surface area contributed by atoms with Gasteiger partial charge < -0.3 is 14.5 Å². The number of fused-ring (bicyclic) bond motifs is 1. The van der Waals surface area contributed by atoms with E-state index in [2.05, 4.69) is 23.8 Å². The molecule has 1 aromatic carbocycles. The maximum absolute atomic E-state index is 5.99. The summed E-state index contributed by atoms with van der Waals surface area (Å²) in [6.45, 7) is 6.93. The van der Waals surface area contributed by atoms with Crippen molar-refractivity contribution in [2.24, 2.45) is 0 Å². The minimum atomic E-state index is 0.719. The summed E-state index contributed by atoms with van der Waals surface area (Å²) < 4.78 is 5.99. The third kappa shape index (κ3) is 3.91. The molecule has 2 heterocycles. The van der Waals surface area contributed by atoms with E-state index in [0.717, 1.165) is 61.9 Å². The van der Waals surface area contributed by atoms with Crippen molar-refractivity contribution in [3.63, 3.8) is 0 Å². The first-order valence-electron chi connectivity index (χ1n) is 8.61. The molecule has 0 amide bonds. The van der Waals surface area contributed by atoms with Crippen LogP contribution in [0.5, 0.6) is 5.88 Å². The predicted octanol–water partition coefficient (Wildman–Crippen LogP) is 2.95. The lowest BCUT2D eigenvalue weighted by Crippen LogP contribution is -2.45. The van der Waals surface area contributed by atoms with E-state index < -0.39 is 0 Å². The highest BCUT2D eigenvalue weighted by molar-refractivity contribution is 5.84. The Kier molecular flexibility index (Phi) is 5.28. The molecule has 0 radical (unpaired) electrons. The van der Waals surface area contributed by atoms with Gasteiger partial charge in [-0.2, -0.15) is 4.98 Å². The molecule has 0 aliphatic carbocycles. The Bertz CT molecular complexity index is 638. The van der Waals surface area contributed by atoms with Gasteiger partial charge in [0.1, 0.15) is 0 Å². The Morgan fingerprint density at radius 2 is 1.83 bits per heavy atom. The summed E-state index contributed by atoms with van der Waals surface area (Å²) in [5.74, 6) is 1.52. The van der Waals surface area contributed by atoms with E-state index in [1.165, 1.54) is 12.8 Å². The molecule has 1 aliphatic rings. The van der Waals surface area contributed by atoms with E-state index in [-0.39, 0.29) is 0 Å². The molecular formula is C18H26N4O. The van der Waals surface area contributed by atoms with E-state index >= 15 is 0 Å². The lowest BCUT2D eigenvalue weighted by molar-refractivity contribution is 0.295. The Labute approximate surface area is 138 Å². The summed E-state index contributed by atoms with van der Waals surface area (Å²) in [6.07, 6.45) is 3.45. The fourth-order valence-electron chi connectivity index (χ4n) is 2.81. The maximum Gasteiger partial charge on any atom is 0.229 e. The molecule has 0 unspecified atom stereocenters. The van der Waals surface area contributed by atoms with Crippen LogP contribution in [0.4, 0.5) is 5.95 Å². The molecule has 2 aromatic rings. The summed E-state index contributed by atoms with van der Waals surface area (Å²) in [4.78, 5) is 14.1. The normalized spacial score (nSPS) is 16.0. The summed E-state index contributed by atoms with van der Waals surface area (Å²) in [5.41, 5.74) is 0.960. The van der Waals surface area contributed by atoms with Crippen LogP contribution in [0.3, 0.4) is 0 Å². The number of unbranched alkanes of at least 4 members (excludes halogenated alkanes) is 2. The van der Waals surface area contributed by atoms with Gasteiger partial charge in [0.05, 0.1) is 17.5 Å². The van der Waals surface area contributed by atoms with Crippen LogP contribution in [0.15, 0.2) is 24.3 Å². The molecule has 0 spiro atoms. The van der Waals surface area contributed by atoms with Crippen molar-refractivity contribution in [1.29, 1.82) is 0 Å². The van der Waals surface area contributed by atoms with Gasteiger partial charge in [-0.1, -0.05) is 31.9 Å². The van der Waals surface area contributed by atoms with Gasteiger partial charge in [0.25, 0.3) is 0 Å².